The number of aliphatic hydroxyl groups is 1. The van der Waals surface area contributed by atoms with E-state index in [0.29, 0.717) is 18.7 Å². The molecule has 2 aromatic carbocycles. The Hall–Kier alpha value is -2.41. The van der Waals surface area contributed by atoms with Gasteiger partial charge in [-0.05, 0) is 49.2 Å². The summed E-state index contributed by atoms with van der Waals surface area (Å²) in [4.78, 5) is 16.5. The normalized spacial score (nSPS) is 12.6. The van der Waals surface area contributed by atoms with E-state index < -0.39 is 12.5 Å². The number of carbonyl (C=O) groups excluding carboxylic acids is 1. The fraction of sp³-hybridized carbons (Fsp3) is 0.333. The Morgan fingerprint density at radius 2 is 1.79 bits per heavy atom. The van der Waals surface area contributed by atoms with Crippen molar-refractivity contribution in [3.8, 4) is 0 Å². The number of anilines is 1. The second-order valence-electron chi connectivity index (χ2n) is 6.19. The van der Waals surface area contributed by atoms with Crippen LogP contribution in [0.4, 0.5) is 5.69 Å². The SMILES string of the molecule is O=C(Nc1ccccc1)C(CCCCN=C=S)NC(O)OCc1ccccc1. The molecule has 2 atom stereocenters. The maximum Gasteiger partial charge on any atom is 0.241 e. The monoisotopic (exact) mass is 399 g/mol. The minimum atomic E-state index is -1.26. The number of nitrogens with one attached hydrogen (secondary N) is 2. The summed E-state index contributed by atoms with van der Waals surface area (Å²) in [5, 5.41) is 18.2. The van der Waals surface area contributed by atoms with Crippen molar-refractivity contribution in [1.29, 1.82) is 0 Å². The molecule has 2 unspecified atom stereocenters. The Morgan fingerprint density at radius 1 is 1.11 bits per heavy atom. The van der Waals surface area contributed by atoms with Crippen molar-refractivity contribution in [2.75, 3.05) is 11.9 Å². The first-order chi connectivity index (χ1) is 13.7. The molecule has 0 saturated heterocycles. The number of unbranched alkanes of at least 4 members (excludes halogenated alkanes) is 1. The van der Waals surface area contributed by atoms with E-state index in [4.69, 9.17) is 4.74 Å². The molecule has 148 valence electrons. The van der Waals surface area contributed by atoms with Crippen LogP contribution in [0.3, 0.4) is 0 Å². The molecule has 0 aliphatic heterocycles. The second-order valence-corrected chi connectivity index (χ2v) is 6.37. The highest BCUT2D eigenvalue weighted by molar-refractivity contribution is 7.78. The predicted octanol–water partition coefficient (Wildman–Crippen LogP) is 3.35. The van der Waals surface area contributed by atoms with Crippen LogP contribution in [0.15, 0.2) is 65.7 Å². The van der Waals surface area contributed by atoms with Crippen molar-refractivity contribution >= 4 is 29.0 Å². The largest absolute Gasteiger partial charge is 0.356 e. The zero-order valence-corrected chi connectivity index (χ0v) is 16.4. The van der Waals surface area contributed by atoms with Crippen LogP contribution in [0, 0.1) is 0 Å². The summed E-state index contributed by atoms with van der Waals surface area (Å²) >= 11 is 4.55. The van der Waals surface area contributed by atoms with Crippen LogP contribution in [0.1, 0.15) is 24.8 Å². The van der Waals surface area contributed by atoms with Gasteiger partial charge in [0.25, 0.3) is 0 Å². The van der Waals surface area contributed by atoms with Crippen LogP contribution in [0.2, 0.25) is 0 Å². The molecule has 2 rings (SSSR count). The number of aliphatic hydroxyl groups excluding tert-OH is 1. The Labute approximate surface area is 170 Å². The molecule has 28 heavy (non-hydrogen) atoms. The van der Waals surface area contributed by atoms with E-state index in [0.717, 1.165) is 18.4 Å². The van der Waals surface area contributed by atoms with E-state index >= 15 is 0 Å². The highest BCUT2D eigenvalue weighted by Crippen LogP contribution is 2.10. The van der Waals surface area contributed by atoms with Gasteiger partial charge in [0, 0.05) is 12.2 Å². The lowest BCUT2D eigenvalue weighted by atomic mass is 10.1. The molecular weight excluding hydrogens is 374 g/mol. The lowest BCUT2D eigenvalue weighted by molar-refractivity contribution is -0.142. The van der Waals surface area contributed by atoms with Crippen LogP contribution in [-0.4, -0.2) is 35.2 Å². The lowest BCUT2D eigenvalue weighted by Crippen LogP contribution is -2.46. The van der Waals surface area contributed by atoms with Crippen molar-refractivity contribution in [2.45, 2.75) is 38.3 Å². The number of amides is 1. The van der Waals surface area contributed by atoms with Crippen molar-refractivity contribution in [1.82, 2.24) is 5.32 Å². The molecular formula is C21H25N3O3S. The maximum absolute atomic E-state index is 12.6. The van der Waals surface area contributed by atoms with Gasteiger partial charge in [-0.15, -0.1) is 0 Å². The van der Waals surface area contributed by atoms with Gasteiger partial charge in [-0.3, -0.25) is 10.1 Å². The summed E-state index contributed by atoms with van der Waals surface area (Å²) < 4.78 is 5.43. The highest BCUT2D eigenvalue weighted by Gasteiger charge is 2.21. The number of aliphatic imine (C=N–C) groups is 1. The Bertz CT molecular complexity index is 752. The molecule has 3 N–H and O–H groups in total. The smallest absolute Gasteiger partial charge is 0.241 e. The van der Waals surface area contributed by atoms with Crippen molar-refractivity contribution in [2.24, 2.45) is 4.99 Å². The molecule has 6 nitrogen and oxygen atoms in total. The molecule has 7 heteroatoms. The van der Waals surface area contributed by atoms with Gasteiger partial charge in [0.15, 0.2) is 0 Å². The van der Waals surface area contributed by atoms with Crippen molar-refractivity contribution in [3.05, 3.63) is 66.2 Å². The zero-order chi connectivity index (χ0) is 20.0. The number of carbonyl (C=O) groups is 1. The molecule has 0 saturated carbocycles. The number of para-hydroxylation sites is 1. The molecule has 2 aromatic rings. The van der Waals surface area contributed by atoms with Crippen LogP contribution < -0.4 is 10.6 Å². The quantitative estimate of drug-likeness (QED) is 0.221. The average Bonchev–Trinajstić information content (AvgIpc) is 2.72. The third kappa shape index (κ3) is 8.52. The second kappa shape index (κ2) is 12.9. The topological polar surface area (TPSA) is 83.0 Å². The maximum atomic E-state index is 12.6. The Kier molecular flexibility index (Phi) is 10.1. The minimum Gasteiger partial charge on any atom is -0.356 e. The summed E-state index contributed by atoms with van der Waals surface area (Å²) in [6, 6.07) is 18.1. The summed E-state index contributed by atoms with van der Waals surface area (Å²) in [5.74, 6) is -0.230. The predicted molar refractivity (Wildman–Crippen MR) is 113 cm³/mol. The Morgan fingerprint density at radius 3 is 2.46 bits per heavy atom. The highest BCUT2D eigenvalue weighted by atomic mass is 32.1. The molecule has 0 radical (unpaired) electrons. The van der Waals surface area contributed by atoms with Gasteiger partial charge >= 0.3 is 0 Å². The first kappa shape index (κ1) is 21.9. The number of thiocarbonyl (C=S) groups is 1. The van der Waals surface area contributed by atoms with Gasteiger partial charge in [0.2, 0.25) is 12.3 Å². The molecule has 0 aliphatic rings. The summed E-state index contributed by atoms with van der Waals surface area (Å²) in [6.45, 7) is 0.814. The molecule has 0 aliphatic carbocycles. The third-order valence-electron chi connectivity index (χ3n) is 4.03. The fourth-order valence-corrected chi connectivity index (χ4v) is 2.69. The van der Waals surface area contributed by atoms with E-state index in [2.05, 4.69) is 33.0 Å². The summed E-state index contributed by atoms with van der Waals surface area (Å²) in [6.07, 6.45) is 0.788. The molecule has 1 amide bonds. The van der Waals surface area contributed by atoms with Gasteiger partial charge in [-0.2, -0.15) is 0 Å². The molecule has 0 fully saturated rings. The van der Waals surface area contributed by atoms with Gasteiger partial charge in [0.05, 0.1) is 17.8 Å². The van der Waals surface area contributed by atoms with Gasteiger partial charge in [0.1, 0.15) is 0 Å². The van der Waals surface area contributed by atoms with Crippen LogP contribution in [0.25, 0.3) is 0 Å². The molecule has 0 bridgehead atoms. The van der Waals surface area contributed by atoms with Gasteiger partial charge < -0.3 is 15.2 Å². The number of isothiocyanates is 1. The van der Waals surface area contributed by atoms with E-state index in [1.54, 1.807) is 0 Å². The van der Waals surface area contributed by atoms with Crippen molar-refractivity contribution < 1.29 is 14.6 Å². The van der Waals surface area contributed by atoms with E-state index in [1.165, 1.54) is 0 Å². The first-order valence-corrected chi connectivity index (χ1v) is 9.59. The van der Waals surface area contributed by atoms with Crippen LogP contribution in [0.5, 0.6) is 0 Å². The first-order valence-electron chi connectivity index (χ1n) is 9.18. The summed E-state index contributed by atoms with van der Waals surface area (Å²) in [5.41, 5.74) is 1.64. The minimum absolute atomic E-state index is 0.230. The fourth-order valence-electron chi connectivity index (χ4n) is 2.60. The van der Waals surface area contributed by atoms with E-state index in [9.17, 15) is 9.90 Å². The standard InChI is InChI=1S/C21H25N3O3S/c25-20(23-18-11-5-2-6-12-18)19(13-7-8-14-22-16-28)24-21(26)27-15-17-9-3-1-4-10-17/h1-6,9-12,19,21,24,26H,7-8,13-15H2,(H,23,25). The van der Waals surface area contributed by atoms with Crippen molar-refractivity contribution in [3.63, 3.8) is 0 Å². The average molecular weight is 400 g/mol. The number of benzene rings is 2. The lowest BCUT2D eigenvalue weighted by Gasteiger charge is -2.22. The molecule has 0 spiro atoms. The Balaban J connectivity index is 1.89. The van der Waals surface area contributed by atoms with Crippen LogP contribution >= 0.6 is 12.2 Å². The van der Waals surface area contributed by atoms with Gasteiger partial charge in [-0.1, -0.05) is 48.5 Å². The number of ether oxygens (including phenoxy) is 1. The number of rotatable bonds is 12. The van der Waals surface area contributed by atoms with Gasteiger partial charge in [-0.25, -0.2) is 4.99 Å². The molecule has 0 aromatic heterocycles. The summed E-state index contributed by atoms with van der Waals surface area (Å²) in [7, 11) is 0. The van der Waals surface area contributed by atoms with Crippen LogP contribution in [-0.2, 0) is 16.1 Å². The number of nitrogens with zero attached hydrogens (tertiary/aromatic N) is 1. The molecule has 0 heterocycles. The number of hydrogen-bond donors (Lipinski definition) is 3. The zero-order valence-electron chi connectivity index (χ0n) is 15.6. The van der Waals surface area contributed by atoms with E-state index in [-0.39, 0.29) is 12.5 Å². The third-order valence-corrected chi connectivity index (χ3v) is 4.16. The van der Waals surface area contributed by atoms with E-state index in [1.807, 2.05) is 60.7 Å². The number of hydrogen-bond acceptors (Lipinski definition) is 6.